The molecule has 14 heavy (non-hydrogen) atoms. The quantitative estimate of drug-likeness (QED) is 0.731. The van der Waals surface area contributed by atoms with E-state index in [4.69, 9.17) is 4.74 Å². The van der Waals surface area contributed by atoms with E-state index in [1.54, 1.807) is 20.8 Å². The maximum Gasteiger partial charge on any atom is 0.433 e. The number of hydrogen-bond donors (Lipinski definition) is 1. The topological polar surface area (TPSA) is 62.1 Å². The predicted molar refractivity (Wildman–Crippen MR) is 51.8 cm³/mol. The third-order valence-electron chi connectivity index (χ3n) is 2.21. The summed E-state index contributed by atoms with van der Waals surface area (Å²) in [5, 5.41) is 15.0. The highest BCUT2D eigenvalue weighted by atomic mass is 16.6. The van der Waals surface area contributed by atoms with E-state index >= 15 is 0 Å². The van der Waals surface area contributed by atoms with E-state index < -0.39 is 11.8 Å². The molecule has 1 rings (SSSR count). The molecule has 1 N–H and O–H groups in total. The van der Waals surface area contributed by atoms with Crippen LogP contribution in [-0.4, -0.2) is 34.3 Å². The van der Waals surface area contributed by atoms with Crippen LogP contribution in [0.3, 0.4) is 0 Å². The summed E-state index contributed by atoms with van der Waals surface area (Å²) < 4.78 is 4.79. The maximum atomic E-state index is 11.4. The van der Waals surface area contributed by atoms with Crippen LogP contribution in [0.1, 0.15) is 33.6 Å². The van der Waals surface area contributed by atoms with Crippen molar-refractivity contribution in [3.63, 3.8) is 0 Å². The molecular formula is C9H16N2O3. The number of hydrogen-bond acceptors (Lipinski definition) is 4. The number of amides is 1. The van der Waals surface area contributed by atoms with Crippen molar-refractivity contribution in [3.05, 3.63) is 0 Å². The van der Waals surface area contributed by atoms with Crippen molar-refractivity contribution in [2.24, 2.45) is 5.10 Å². The minimum Gasteiger partial charge on any atom is -0.448 e. The Kier molecular flexibility index (Phi) is 3.10. The van der Waals surface area contributed by atoms with Gasteiger partial charge in [-0.3, -0.25) is 0 Å². The molecule has 1 aliphatic heterocycles. The molecule has 1 heterocycles. The molecule has 0 saturated carbocycles. The first-order valence-electron chi connectivity index (χ1n) is 4.77. The Balaban J connectivity index is 2.79. The number of nitrogens with zero attached hydrogens (tertiary/aromatic N) is 2. The number of carbonyl (C=O) groups is 1. The molecule has 0 saturated heterocycles. The summed E-state index contributed by atoms with van der Waals surface area (Å²) in [7, 11) is 0. The minimum atomic E-state index is -1.20. The first kappa shape index (κ1) is 11.0. The van der Waals surface area contributed by atoms with E-state index in [9.17, 15) is 9.90 Å². The normalized spacial score (nSPS) is 26.3. The Hall–Kier alpha value is -1.10. The van der Waals surface area contributed by atoms with Crippen LogP contribution in [0.2, 0.25) is 0 Å². The zero-order valence-corrected chi connectivity index (χ0v) is 8.78. The predicted octanol–water partition coefficient (Wildman–Crippen LogP) is 1.32. The monoisotopic (exact) mass is 200 g/mol. The fourth-order valence-corrected chi connectivity index (χ4v) is 1.45. The van der Waals surface area contributed by atoms with Gasteiger partial charge in [0.2, 0.25) is 0 Å². The Labute approximate surface area is 83.3 Å². The molecule has 0 aromatic rings. The summed E-state index contributed by atoms with van der Waals surface area (Å²) in [6.45, 7) is 5.58. The molecule has 0 bridgehead atoms. The van der Waals surface area contributed by atoms with Crippen molar-refractivity contribution >= 4 is 11.8 Å². The Morgan fingerprint density at radius 2 is 2.36 bits per heavy atom. The van der Waals surface area contributed by atoms with Gasteiger partial charge in [0, 0.05) is 12.1 Å². The second-order valence-corrected chi connectivity index (χ2v) is 3.36. The van der Waals surface area contributed by atoms with Gasteiger partial charge in [0.05, 0.1) is 6.61 Å². The number of hydrazone groups is 1. The number of ether oxygens (including phenoxy) is 1. The van der Waals surface area contributed by atoms with Gasteiger partial charge in [0.15, 0.2) is 5.72 Å². The van der Waals surface area contributed by atoms with Gasteiger partial charge in [-0.05, 0) is 20.3 Å². The molecule has 1 amide bonds. The van der Waals surface area contributed by atoms with E-state index in [1.165, 1.54) is 0 Å². The molecule has 1 aliphatic rings. The lowest BCUT2D eigenvalue weighted by Gasteiger charge is -2.28. The van der Waals surface area contributed by atoms with Gasteiger partial charge in [-0.2, -0.15) is 10.1 Å². The van der Waals surface area contributed by atoms with Crippen LogP contribution in [0, 0.1) is 0 Å². The smallest absolute Gasteiger partial charge is 0.433 e. The SMILES string of the molecule is CCOC(=O)N1N=C(C)CC1(O)CC. The van der Waals surface area contributed by atoms with Crippen LogP contribution in [0.25, 0.3) is 0 Å². The molecule has 1 atom stereocenters. The number of aliphatic hydroxyl groups is 1. The highest BCUT2D eigenvalue weighted by Gasteiger charge is 2.42. The van der Waals surface area contributed by atoms with Crippen molar-refractivity contribution in [2.45, 2.75) is 39.3 Å². The van der Waals surface area contributed by atoms with Crippen LogP contribution in [0.4, 0.5) is 4.79 Å². The molecular weight excluding hydrogens is 184 g/mol. The zero-order valence-electron chi connectivity index (χ0n) is 8.78. The standard InChI is InChI=1S/C9H16N2O3/c1-4-9(13)6-7(3)10-11(9)8(12)14-5-2/h13H,4-6H2,1-3H3. The van der Waals surface area contributed by atoms with Gasteiger partial charge in [0.1, 0.15) is 0 Å². The number of rotatable bonds is 2. The van der Waals surface area contributed by atoms with Crippen molar-refractivity contribution in [1.29, 1.82) is 0 Å². The lowest BCUT2D eigenvalue weighted by atomic mass is 10.1. The molecule has 5 heteroatoms. The third-order valence-corrected chi connectivity index (χ3v) is 2.21. The molecule has 0 aromatic carbocycles. The second-order valence-electron chi connectivity index (χ2n) is 3.36. The summed E-state index contributed by atoms with van der Waals surface area (Å²) in [6.07, 6.45) is 0.239. The van der Waals surface area contributed by atoms with E-state index in [1.807, 2.05) is 0 Å². The van der Waals surface area contributed by atoms with Crippen molar-refractivity contribution < 1.29 is 14.6 Å². The summed E-state index contributed by atoms with van der Waals surface area (Å²) >= 11 is 0. The van der Waals surface area contributed by atoms with E-state index in [-0.39, 0.29) is 6.61 Å². The summed E-state index contributed by atoms with van der Waals surface area (Å²) in [6, 6.07) is 0. The number of carbonyl (C=O) groups excluding carboxylic acids is 1. The molecule has 0 spiro atoms. The second kappa shape index (κ2) is 3.96. The van der Waals surface area contributed by atoms with Crippen LogP contribution in [-0.2, 0) is 4.74 Å². The zero-order chi connectivity index (χ0) is 10.8. The minimum absolute atomic E-state index is 0.281. The van der Waals surface area contributed by atoms with Crippen LogP contribution in [0.5, 0.6) is 0 Å². The van der Waals surface area contributed by atoms with Crippen molar-refractivity contribution in [1.82, 2.24) is 5.01 Å². The van der Waals surface area contributed by atoms with Gasteiger partial charge >= 0.3 is 6.09 Å². The lowest BCUT2D eigenvalue weighted by molar-refractivity contribution is -0.0815. The molecule has 0 aliphatic carbocycles. The summed E-state index contributed by atoms with van der Waals surface area (Å²) in [4.78, 5) is 11.4. The summed E-state index contributed by atoms with van der Waals surface area (Å²) in [5.74, 6) is 0. The lowest BCUT2D eigenvalue weighted by Crippen LogP contribution is -2.45. The largest absolute Gasteiger partial charge is 0.448 e. The molecule has 0 fully saturated rings. The van der Waals surface area contributed by atoms with Crippen molar-refractivity contribution in [2.75, 3.05) is 6.61 Å². The molecule has 0 aromatic heterocycles. The Morgan fingerprint density at radius 3 is 2.86 bits per heavy atom. The van der Waals surface area contributed by atoms with E-state index in [0.717, 1.165) is 10.7 Å². The highest BCUT2D eigenvalue weighted by Crippen LogP contribution is 2.28. The molecule has 1 unspecified atom stereocenters. The van der Waals surface area contributed by atoms with Gasteiger partial charge in [0.25, 0.3) is 0 Å². The maximum absolute atomic E-state index is 11.4. The highest BCUT2D eigenvalue weighted by molar-refractivity contribution is 5.87. The Morgan fingerprint density at radius 1 is 1.71 bits per heavy atom. The average molecular weight is 200 g/mol. The van der Waals surface area contributed by atoms with E-state index in [0.29, 0.717) is 12.8 Å². The third kappa shape index (κ3) is 1.87. The van der Waals surface area contributed by atoms with Crippen LogP contribution in [0.15, 0.2) is 5.10 Å². The van der Waals surface area contributed by atoms with Crippen LogP contribution >= 0.6 is 0 Å². The Bertz CT molecular complexity index is 265. The first-order valence-corrected chi connectivity index (χ1v) is 4.77. The van der Waals surface area contributed by atoms with Crippen molar-refractivity contribution in [3.8, 4) is 0 Å². The van der Waals surface area contributed by atoms with E-state index in [2.05, 4.69) is 5.10 Å². The summed E-state index contributed by atoms with van der Waals surface area (Å²) in [5.41, 5.74) is -0.460. The van der Waals surface area contributed by atoms with Gasteiger partial charge in [-0.15, -0.1) is 0 Å². The fraction of sp³-hybridized carbons (Fsp3) is 0.778. The van der Waals surface area contributed by atoms with Gasteiger partial charge < -0.3 is 9.84 Å². The molecule has 5 nitrogen and oxygen atoms in total. The van der Waals surface area contributed by atoms with Gasteiger partial charge in [-0.1, -0.05) is 6.92 Å². The molecule has 80 valence electrons. The fourth-order valence-electron chi connectivity index (χ4n) is 1.45. The first-order chi connectivity index (χ1) is 6.53. The van der Waals surface area contributed by atoms with Gasteiger partial charge in [-0.25, -0.2) is 4.79 Å². The molecule has 0 radical (unpaired) electrons. The average Bonchev–Trinajstić information content (AvgIpc) is 2.43. The van der Waals surface area contributed by atoms with Crippen LogP contribution < -0.4 is 0 Å².